The van der Waals surface area contributed by atoms with Crippen molar-refractivity contribution in [2.75, 3.05) is 0 Å². The number of aromatic nitrogens is 3. The highest BCUT2D eigenvalue weighted by Crippen LogP contribution is 2.40. The van der Waals surface area contributed by atoms with Gasteiger partial charge in [0.15, 0.2) is 0 Å². The summed E-state index contributed by atoms with van der Waals surface area (Å²) in [5.74, 6) is 0.924. The first kappa shape index (κ1) is 9.65. The molecule has 1 aliphatic rings. The zero-order valence-corrected chi connectivity index (χ0v) is 9.04. The van der Waals surface area contributed by atoms with Crippen LogP contribution in [0.25, 0.3) is 0 Å². The largest absolute Gasteiger partial charge is 0.304 e. The molecule has 1 aromatic heterocycles. The van der Waals surface area contributed by atoms with Crippen molar-refractivity contribution in [1.82, 2.24) is 20.5 Å². The molecule has 0 aliphatic heterocycles. The number of rotatable bonds is 3. The molecule has 0 radical (unpaired) electrons. The smallest absolute Gasteiger partial charge is 0.141 e. The maximum absolute atomic E-state index is 4.15. The van der Waals surface area contributed by atoms with Crippen LogP contribution in [0, 0.1) is 5.41 Å². The second-order valence-corrected chi connectivity index (χ2v) is 4.84. The number of hydrogen-bond acceptors (Lipinski definition) is 3. The SMILES string of the molecule is CC(NC1CCC1(C)C)c1ncn[nH]1. The Bertz CT molecular complexity index is 291. The van der Waals surface area contributed by atoms with Crippen LogP contribution in [-0.4, -0.2) is 21.2 Å². The summed E-state index contributed by atoms with van der Waals surface area (Å²) < 4.78 is 0. The van der Waals surface area contributed by atoms with Crippen LogP contribution in [0.1, 0.15) is 45.5 Å². The van der Waals surface area contributed by atoms with E-state index in [4.69, 9.17) is 0 Å². The summed E-state index contributed by atoms with van der Waals surface area (Å²) in [5.41, 5.74) is 0.439. The van der Waals surface area contributed by atoms with E-state index >= 15 is 0 Å². The Hall–Kier alpha value is -0.900. The summed E-state index contributed by atoms with van der Waals surface area (Å²) in [6.45, 7) is 6.73. The summed E-state index contributed by atoms with van der Waals surface area (Å²) >= 11 is 0. The molecule has 0 spiro atoms. The molecule has 1 aliphatic carbocycles. The third kappa shape index (κ3) is 1.66. The van der Waals surface area contributed by atoms with Gasteiger partial charge >= 0.3 is 0 Å². The van der Waals surface area contributed by atoms with Crippen molar-refractivity contribution in [3.8, 4) is 0 Å². The average molecular weight is 194 g/mol. The molecular formula is C10H18N4. The highest BCUT2D eigenvalue weighted by atomic mass is 15.2. The first-order chi connectivity index (χ1) is 6.59. The molecule has 4 heteroatoms. The summed E-state index contributed by atoms with van der Waals surface area (Å²) in [5, 5.41) is 10.3. The summed E-state index contributed by atoms with van der Waals surface area (Å²) in [4.78, 5) is 4.15. The minimum atomic E-state index is 0.266. The van der Waals surface area contributed by atoms with Crippen LogP contribution in [0.4, 0.5) is 0 Å². The molecule has 1 fully saturated rings. The normalized spacial score (nSPS) is 26.9. The van der Waals surface area contributed by atoms with Crippen LogP contribution < -0.4 is 5.32 Å². The van der Waals surface area contributed by atoms with Crippen molar-refractivity contribution in [2.24, 2.45) is 5.41 Å². The van der Waals surface area contributed by atoms with E-state index in [2.05, 4.69) is 41.3 Å². The molecule has 1 heterocycles. The Morgan fingerprint density at radius 1 is 1.64 bits per heavy atom. The van der Waals surface area contributed by atoms with Gasteiger partial charge in [0.2, 0.25) is 0 Å². The number of aromatic amines is 1. The van der Waals surface area contributed by atoms with Gasteiger partial charge in [-0.1, -0.05) is 13.8 Å². The van der Waals surface area contributed by atoms with Crippen molar-refractivity contribution < 1.29 is 0 Å². The van der Waals surface area contributed by atoms with Gasteiger partial charge in [0.25, 0.3) is 0 Å². The summed E-state index contributed by atoms with van der Waals surface area (Å²) in [7, 11) is 0. The average Bonchev–Trinajstić information content (AvgIpc) is 2.65. The van der Waals surface area contributed by atoms with E-state index in [-0.39, 0.29) is 6.04 Å². The monoisotopic (exact) mass is 194 g/mol. The minimum absolute atomic E-state index is 0.266. The van der Waals surface area contributed by atoms with Gasteiger partial charge in [-0.15, -0.1) is 0 Å². The van der Waals surface area contributed by atoms with Gasteiger partial charge in [0, 0.05) is 6.04 Å². The van der Waals surface area contributed by atoms with E-state index in [1.54, 1.807) is 6.33 Å². The molecule has 2 N–H and O–H groups in total. The molecule has 0 saturated heterocycles. The van der Waals surface area contributed by atoms with Crippen LogP contribution in [0.2, 0.25) is 0 Å². The fraction of sp³-hybridized carbons (Fsp3) is 0.800. The van der Waals surface area contributed by atoms with E-state index in [1.165, 1.54) is 12.8 Å². The topological polar surface area (TPSA) is 53.6 Å². The Morgan fingerprint density at radius 3 is 2.86 bits per heavy atom. The molecule has 1 aromatic rings. The predicted octanol–water partition coefficient (Wildman–Crippen LogP) is 1.64. The Morgan fingerprint density at radius 2 is 2.43 bits per heavy atom. The Labute approximate surface area is 84.5 Å². The fourth-order valence-electron chi connectivity index (χ4n) is 1.98. The zero-order chi connectivity index (χ0) is 10.2. The van der Waals surface area contributed by atoms with Gasteiger partial charge in [-0.05, 0) is 25.2 Å². The van der Waals surface area contributed by atoms with Gasteiger partial charge < -0.3 is 5.32 Å². The minimum Gasteiger partial charge on any atom is -0.304 e. The summed E-state index contributed by atoms with van der Waals surface area (Å²) in [6.07, 6.45) is 4.14. The molecule has 2 unspecified atom stereocenters. The Kier molecular flexibility index (Phi) is 2.31. The molecule has 78 valence electrons. The highest BCUT2D eigenvalue weighted by Gasteiger charge is 2.38. The van der Waals surface area contributed by atoms with Crippen molar-refractivity contribution >= 4 is 0 Å². The van der Waals surface area contributed by atoms with E-state index in [0.717, 1.165) is 5.82 Å². The van der Waals surface area contributed by atoms with Crippen LogP contribution in [0.15, 0.2) is 6.33 Å². The summed E-state index contributed by atoms with van der Waals surface area (Å²) in [6, 6.07) is 0.879. The van der Waals surface area contributed by atoms with Crippen LogP contribution in [0.3, 0.4) is 0 Å². The van der Waals surface area contributed by atoms with Gasteiger partial charge in [-0.3, -0.25) is 5.10 Å². The second-order valence-electron chi connectivity index (χ2n) is 4.84. The van der Waals surface area contributed by atoms with Gasteiger partial charge in [-0.2, -0.15) is 5.10 Å². The Balaban J connectivity index is 1.92. The maximum atomic E-state index is 4.15. The molecule has 4 nitrogen and oxygen atoms in total. The fourth-order valence-corrected chi connectivity index (χ4v) is 1.98. The van der Waals surface area contributed by atoms with E-state index in [1.807, 2.05) is 0 Å². The predicted molar refractivity (Wildman–Crippen MR) is 54.7 cm³/mol. The van der Waals surface area contributed by atoms with Crippen LogP contribution >= 0.6 is 0 Å². The molecule has 2 atom stereocenters. The number of hydrogen-bond donors (Lipinski definition) is 2. The molecule has 0 bridgehead atoms. The van der Waals surface area contributed by atoms with Gasteiger partial charge in [0.05, 0.1) is 6.04 Å². The lowest BCUT2D eigenvalue weighted by molar-refractivity contribution is 0.0988. The van der Waals surface area contributed by atoms with Gasteiger partial charge in [0.1, 0.15) is 12.2 Å². The number of H-pyrrole nitrogens is 1. The van der Waals surface area contributed by atoms with Crippen molar-refractivity contribution in [3.63, 3.8) is 0 Å². The van der Waals surface area contributed by atoms with E-state index in [0.29, 0.717) is 11.5 Å². The maximum Gasteiger partial charge on any atom is 0.141 e. The molecule has 0 aromatic carbocycles. The quantitative estimate of drug-likeness (QED) is 0.769. The first-order valence-electron chi connectivity index (χ1n) is 5.21. The molecule has 14 heavy (non-hydrogen) atoms. The van der Waals surface area contributed by atoms with Crippen LogP contribution in [-0.2, 0) is 0 Å². The molecular weight excluding hydrogens is 176 g/mol. The van der Waals surface area contributed by atoms with Crippen molar-refractivity contribution in [2.45, 2.75) is 45.7 Å². The molecule has 0 amide bonds. The number of nitrogens with zero attached hydrogens (tertiary/aromatic N) is 2. The number of nitrogens with one attached hydrogen (secondary N) is 2. The van der Waals surface area contributed by atoms with Crippen molar-refractivity contribution in [3.05, 3.63) is 12.2 Å². The highest BCUT2D eigenvalue weighted by molar-refractivity contribution is 4.98. The van der Waals surface area contributed by atoms with E-state index in [9.17, 15) is 0 Å². The standard InChI is InChI=1S/C10H18N4/c1-7(9-11-6-12-14-9)13-8-4-5-10(8,2)3/h6-8,13H,4-5H2,1-3H3,(H,11,12,14). The lowest BCUT2D eigenvalue weighted by Crippen LogP contribution is -2.50. The molecule has 1 saturated carbocycles. The first-order valence-corrected chi connectivity index (χ1v) is 5.21. The van der Waals surface area contributed by atoms with Crippen molar-refractivity contribution in [1.29, 1.82) is 0 Å². The lowest BCUT2D eigenvalue weighted by Gasteiger charge is -2.46. The lowest BCUT2D eigenvalue weighted by atomic mass is 9.67. The zero-order valence-electron chi connectivity index (χ0n) is 9.04. The second kappa shape index (κ2) is 3.35. The third-order valence-electron chi connectivity index (χ3n) is 3.32. The van der Waals surface area contributed by atoms with E-state index < -0.39 is 0 Å². The van der Waals surface area contributed by atoms with Crippen LogP contribution in [0.5, 0.6) is 0 Å². The van der Waals surface area contributed by atoms with Gasteiger partial charge in [-0.25, -0.2) is 4.98 Å². The third-order valence-corrected chi connectivity index (χ3v) is 3.32. The molecule has 2 rings (SSSR count).